The maximum Gasteiger partial charge on any atom is 0.119 e. The molecule has 0 aliphatic rings. The molecule has 0 heterocycles. The predicted octanol–water partition coefficient (Wildman–Crippen LogP) is 3.21. The van der Waals surface area contributed by atoms with Gasteiger partial charge in [0.1, 0.15) is 5.75 Å². The number of hydrogen-bond donors (Lipinski definition) is 1. The van der Waals surface area contributed by atoms with Crippen molar-refractivity contribution < 1.29 is 9.84 Å². The summed E-state index contributed by atoms with van der Waals surface area (Å²) in [5.41, 5.74) is 1.09. The monoisotopic (exact) mass is 222 g/mol. The fourth-order valence-electron chi connectivity index (χ4n) is 1.29. The van der Waals surface area contributed by atoms with Crippen molar-refractivity contribution in [2.75, 3.05) is 13.2 Å². The summed E-state index contributed by atoms with van der Waals surface area (Å²) in [5, 5.41) is 9.13. The van der Waals surface area contributed by atoms with Gasteiger partial charge in [-0.2, -0.15) is 0 Å². The highest BCUT2D eigenvalue weighted by atomic mass is 16.5. The number of aliphatic hydroxyl groups is 1. The second kappa shape index (κ2) is 5.35. The van der Waals surface area contributed by atoms with Gasteiger partial charge in [-0.15, -0.1) is 0 Å². The first-order chi connectivity index (χ1) is 7.44. The van der Waals surface area contributed by atoms with Crippen LogP contribution in [0.4, 0.5) is 0 Å². The minimum Gasteiger partial charge on any atom is -0.493 e. The van der Waals surface area contributed by atoms with E-state index < -0.39 is 0 Å². The molecule has 2 nitrogen and oxygen atoms in total. The summed E-state index contributed by atoms with van der Waals surface area (Å²) in [4.78, 5) is 0. The highest BCUT2D eigenvalue weighted by Crippen LogP contribution is 2.22. The standard InChI is InChI=1S/C14H22O2/c1-11(2)12-6-5-7-13(8-12)16-10-14(3,4)9-15/h5-8,11,15H,9-10H2,1-4H3. The molecule has 16 heavy (non-hydrogen) atoms. The molecule has 0 fully saturated rings. The Morgan fingerprint density at radius 3 is 2.56 bits per heavy atom. The number of ether oxygens (including phenoxy) is 1. The maximum absolute atomic E-state index is 9.13. The summed E-state index contributed by atoms with van der Waals surface area (Å²) in [6.07, 6.45) is 0. The van der Waals surface area contributed by atoms with E-state index in [0.717, 1.165) is 5.75 Å². The third-order valence-corrected chi connectivity index (χ3v) is 2.58. The lowest BCUT2D eigenvalue weighted by atomic mass is 9.96. The van der Waals surface area contributed by atoms with Gasteiger partial charge in [0, 0.05) is 5.41 Å². The van der Waals surface area contributed by atoms with E-state index in [2.05, 4.69) is 26.0 Å². The van der Waals surface area contributed by atoms with Crippen LogP contribution in [-0.4, -0.2) is 18.3 Å². The average Bonchev–Trinajstić information content (AvgIpc) is 2.27. The van der Waals surface area contributed by atoms with Gasteiger partial charge in [-0.3, -0.25) is 0 Å². The highest BCUT2D eigenvalue weighted by molar-refractivity contribution is 5.30. The van der Waals surface area contributed by atoms with Crippen LogP contribution in [0, 0.1) is 5.41 Å². The fraction of sp³-hybridized carbons (Fsp3) is 0.571. The van der Waals surface area contributed by atoms with Gasteiger partial charge in [-0.25, -0.2) is 0 Å². The molecule has 0 aromatic heterocycles. The van der Waals surface area contributed by atoms with Gasteiger partial charge in [0.2, 0.25) is 0 Å². The molecule has 0 radical (unpaired) electrons. The Balaban J connectivity index is 2.64. The van der Waals surface area contributed by atoms with Crippen molar-refractivity contribution in [3.05, 3.63) is 29.8 Å². The Bertz CT molecular complexity index is 329. The molecule has 90 valence electrons. The Morgan fingerprint density at radius 1 is 1.31 bits per heavy atom. The van der Waals surface area contributed by atoms with Crippen LogP contribution in [0.1, 0.15) is 39.2 Å². The first-order valence-corrected chi connectivity index (χ1v) is 5.78. The van der Waals surface area contributed by atoms with Gasteiger partial charge in [0.25, 0.3) is 0 Å². The lowest BCUT2D eigenvalue weighted by molar-refractivity contribution is 0.0975. The third-order valence-electron chi connectivity index (χ3n) is 2.58. The van der Waals surface area contributed by atoms with Crippen molar-refractivity contribution in [2.45, 2.75) is 33.6 Å². The van der Waals surface area contributed by atoms with Crippen molar-refractivity contribution in [1.82, 2.24) is 0 Å². The van der Waals surface area contributed by atoms with E-state index in [1.807, 2.05) is 26.0 Å². The van der Waals surface area contributed by atoms with Crippen LogP contribution >= 0.6 is 0 Å². The zero-order chi connectivity index (χ0) is 12.2. The van der Waals surface area contributed by atoms with Crippen LogP contribution < -0.4 is 4.74 Å². The van der Waals surface area contributed by atoms with Crippen molar-refractivity contribution in [1.29, 1.82) is 0 Å². The van der Waals surface area contributed by atoms with Crippen LogP contribution in [-0.2, 0) is 0 Å². The zero-order valence-corrected chi connectivity index (χ0v) is 10.7. The SMILES string of the molecule is CC(C)c1cccc(OCC(C)(C)CO)c1. The molecule has 1 aromatic carbocycles. The van der Waals surface area contributed by atoms with Gasteiger partial charge < -0.3 is 9.84 Å². The second-order valence-corrected chi connectivity index (χ2v) is 5.34. The molecule has 0 spiro atoms. The lowest BCUT2D eigenvalue weighted by Gasteiger charge is -2.22. The predicted molar refractivity (Wildman–Crippen MR) is 66.9 cm³/mol. The van der Waals surface area contributed by atoms with E-state index >= 15 is 0 Å². The summed E-state index contributed by atoms with van der Waals surface area (Å²) >= 11 is 0. The van der Waals surface area contributed by atoms with E-state index in [4.69, 9.17) is 9.84 Å². The Labute approximate surface area is 98.3 Å². The molecule has 1 rings (SSSR count). The molecule has 0 unspecified atom stereocenters. The highest BCUT2D eigenvalue weighted by Gasteiger charge is 2.17. The van der Waals surface area contributed by atoms with E-state index in [-0.39, 0.29) is 12.0 Å². The molecule has 0 amide bonds. The Kier molecular flexibility index (Phi) is 4.36. The van der Waals surface area contributed by atoms with Gasteiger partial charge in [0.05, 0.1) is 13.2 Å². The molecule has 0 saturated carbocycles. The summed E-state index contributed by atoms with van der Waals surface area (Å²) < 4.78 is 5.69. The first-order valence-electron chi connectivity index (χ1n) is 5.78. The molecule has 0 bridgehead atoms. The van der Waals surface area contributed by atoms with Crippen LogP contribution in [0.5, 0.6) is 5.75 Å². The molecule has 0 aliphatic carbocycles. The van der Waals surface area contributed by atoms with Gasteiger partial charge in [0.15, 0.2) is 0 Å². The molecule has 0 aliphatic heterocycles. The first kappa shape index (κ1) is 13.0. The van der Waals surface area contributed by atoms with Crippen LogP contribution in [0.2, 0.25) is 0 Å². The van der Waals surface area contributed by atoms with Crippen molar-refractivity contribution in [3.8, 4) is 5.75 Å². The molecule has 1 aromatic rings. The van der Waals surface area contributed by atoms with Crippen LogP contribution in [0.25, 0.3) is 0 Å². The zero-order valence-electron chi connectivity index (χ0n) is 10.7. The Hall–Kier alpha value is -1.02. The van der Waals surface area contributed by atoms with E-state index in [0.29, 0.717) is 12.5 Å². The largest absolute Gasteiger partial charge is 0.493 e. The minimum absolute atomic E-state index is 0.136. The van der Waals surface area contributed by atoms with Crippen molar-refractivity contribution in [2.24, 2.45) is 5.41 Å². The third kappa shape index (κ3) is 3.86. The summed E-state index contributed by atoms with van der Waals surface area (Å²) in [6, 6.07) is 8.14. The summed E-state index contributed by atoms with van der Waals surface area (Å²) in [7, 11) is 0. The number of aliphatic hydroxyl groups excluding tert-OH is 1. The second-order valence-electron chi connectivity index (χ2n) is 5.34. The van der Waals surface area contributed by atoms with Crippen molar-refractivity contribution in [3.63, 3.8) is 0 Å². The summed E-state index contributed by atoms with van der Waals surface area (Å²) in [5.74, 6) is 1.39. The topological polar surface area (TPSA) is 29.5 Å². The maximum atomic E-state index is 9.13. The molecule has 2 heteroatoms. The number of hydrogen-bond acceptors (Lipinski definition) is 2. The van der Waals surface area contributed by atoms with E-state index in [1.165, 1.54) is 5.56 Å². The smallest absolute Gasteiger partial charge is 0.119 e. The van der Waals surface area contributed by atoms with Gasteiger partial charge >= 0.3 is 0 Å². The molecule has 0 saturated heterocycles. The molecular formula is C14H22O2. The van der Waals surface area contributed by atoms with E-state index in [1.54, 1.807) is 0 Å². The minimum atomic E-state index is -0.187. The van der Waals surface area contributed by atoms with E-state index in [9.17, 15) is 0 Å². The summed E-state index contributed by atoms with van der Waals surface area (Å²) in [6.45, 7) is 8.97. The van der Waals surface area contributed by atoms with Gasteiger partial charge in [-0.05, 0) is 23.6 Å². The van der Waals surface area contributed by atoms with Gasteiger partial charge in [-0.1, -0.05) is 39.8 Å². The lowest BCUT2D eigenvalue weighted by Crippen LogP contribution is -2.25. The number of rotatable bonds is 5. The van der Waals surface area contributed by atoms with Crippen molar-refractivity contribution >= 4 is 0 Å². The molecule has 0 atom stereocenters. The normalized spacial score (nSPS) is 11.9. The van der Waals surface area contributed by atoms with Crippen LogP contribution in [0.15, 0.2) is 24.3 Å². The average molecular weight is 222 g/mol. The van der Waals surface area contributed by atoms with Crippen LogP contribution in [0.3, 0.4) is 0 Å². The Morgan fingerprint density at radius 2 is 2.00 bits per heavy atom. The quantitative estimate of drug-likeness (QED) is 0.829. The number of benzene rings is 1. The molecular weight excluding hydrogens is 200 g/mol. The molecule has 1 N–H and O–H groups in total. The fourth-order valence-corrected chi connectivity index (χ4v) is 1.29.